The van der Waals surface area contributed by atoms with Gasteiger partial charge in [0.1, 0.15) is 6.10 Å². The number of ether oxygens (including phenoxy) is 1. The number of carbonyl (C=O) groups excluding carboxylic acids is 1. The van der Waals surface area contributed by atoms with Gasteiger partial charge < -0.3 is 14.7 Å². The molecule has 1 aliphatic heterocycles. The summed E-state index contributed by atoms with van der Waals surface area (Å²) in [6, 6.07) is 0. The fourth-order valence-corrected chi connectivity index (χ4v) is 3.11. The molecule has 0 aromatic carbocycles. The van der Waals surface area contributed by atoms with Crippen molar-refractivity contribution in [3.63, 3.8) is 0 Å². The average Bonchev–Trinajstić information content (AvgIpc) is 3.03. The molecule has 2 N–H and O–H groups in total. The van der Waals surface area contributed by atoms with Gasteiger partial charge >= 0.3 is 0 Å². The van der Waals surface area contributed by atoms with Crippen molar-refractivity contribution in [3.8, 4) is 0 Å². The van der Waals surface area contributed by atoms with Crippen molar-refractivity contribution in [1.82, 2.24) is 15.1 Å². The number of likely N-dealkylation sites (tertiary alicyclic amines) is 1. The number of rotatable bonds is 3. The molecule has 1 aromatic rings. The molecule has 6 heteroatoms. The minimum atomic E-state index is -0.603. The van der Waals surface area contributed by atoms with Crippen molar-refractivity contribution >= 4 is 5.91 Å². The predicted molar refractivity (Wildman–Crippen MR) is 72.6 cm³/mol. The molecule has 2 atom stereocenters. The number of hydrogen-bond acceptors (Lipinski definition) is 4. The number of hydrogen-bond donors (Lipinski definition) is 2. The van der Waals surface area contributed by atoms with E-state index in [1.165, 1.54) is 0 Å². The zero-order valence-electron chi connectivity index (χ0n) is 11.8. The lowest BCUT2D eigenvalue weighted by molar-refractivity contribution is -0.00237. The molecule has 6 nitrogen and oxygen atoms in total. The lowest BCUT2D eigenvalue weighted by Crippen LogP contribution is -2.31. The highest BCUT2D eigenvalue weighted by Gasteiger charge is 2.36. The number of carbonyl (C=O) groups is 1. The van der Waals surface area contributed by atoms with Crippen LogP contribution in [0.4, 0.5) is 0 Å². The Balaban J connectivity index is 1.75. The van der Waals surface area contributed by atoms with Crippen LogP contribution in [0.2, 0.25) is 0 Å². The first-order valence-corrected chi connectivity index (χ1v) is 7.35. The van der Waals surface area contributed by atoms with E-state index in [9.17, 15) is 9.90 Å². The van der Waals surface area contributed by atoms with Crippen molar-refractivity contribution in [2.75, 3.05) is 19.7 Å². The third kappa shape index (κ3) is 2.33. The van der Waals surface area contributed by atoms with Gasteiger partial charge in [-0.15, -0.1) is 0 Å². The highest BCUT2D eigenvalue weighted by Crippen LogP contribution is 2.24. The van der Waals surface area contributed by atoms with Gasteiger partial charge in [-0.05, 0) is 32.6 Å². The molecule has 0 saturated carbocycles. The quantitative estimate of drug-likeness (QED) is 0.845. The normalized spacial score (nSPS) is 25.8. The molecule has 0 unspecified atom stereocenters. The van der Waals surface area contributed by atoms with E-state index >= 15 is 0 Å². The topological polar surface area (TPSA) is 78.5 Å². The molecule has 20 heavy (non-hydrogen) atoms. The van der Waals surface area contributed by atoms with Crippen LogP contribution in [0.25, 0.3) is 0 Å². The lowest BCUT2D eigenvalue weighted by atomic mass is 9.95. The van der Waals surface area contributed by atoms with Gasteiger partial charge in [0.15, 0.2) is 5.69 Å². The number of aryl methyl sites for hydroxylation is 1. The lowest BCUT2D eigenvalue weighted by Gasteiger charge is -2.16. The Bertz CT molecular complexity index is 500. The summed E-state index contributed by atoms with van der Waals surface area (Å²) in [6.07, 6.45) is 3.26. The number of fused-ring (bicyclic) bond motifs is 1. The molecular weight excluding hydrogens is 258 g/mol. The first-order valence-electron chi connectivity index (χ1n) is 7.35. The fraction of sp³-hybridized carbons (Fsp3) is 0.714. The smallest absolute Gasteiger partial charge is 0.274 e. The largest absolute Gasteiger partial charge is 0.388 e. The Morgan fingerprint density at radius 1 is 1.45 bits per heavy atom. The number of H-pyrrole nitrogens is 1. The minimum Gasteiger partial charge on any atom is -0.388 e. The third-order valence-corrected chi connectivity index (χ3v) is 4.16. The molecule has 110 valence electrons. The molecule has 1 aromatic heterocycles. The van der Waals surface area contributed by atoms with Crippen molar-refractivity contribution in [2.45, 2.75) is 44.8 Å². The number of amides is 1. The van der Waals surface area contributed by atoms with Crippen LogP contribution in [0.3, 0.4) is 0 Å². The second-order valence-corrected chi connectivity index (χ2v) is 5.51. The summed E-state index contributed by atoms with van der Waals surface area (Å²) in [6.45, 7) is 3.20. The van der Waals surface area contributed by atoms with Crippen molar-refractivity contribution in [3.05, 3.63) is 17.0 Å². The molecule has 3 rings (SSSR count). The molecule has 2 heterocycles. The van der Waals surface area contributed by atoms with Crippen LogP contribution in [0.5, 0.6) is 0 Å². The first kappa shape index (κ1) is 13.6. The summed E-state index contributed by atoms with van der Waals surface area (Å²) < 4.78 is 5.45. The summed E-state index contributed by atoms with van der Waals surface area (Å²) in [4.78, 5) is 14.2. The van der Waals surface area contributed by atoms with Gasteiger partial charge in [-0.3, -0.25) is 9.89 Å². The van der Waals surface area contributed by atoms with Gasteiger partial charge in [-0.25, -0.2) is 0 Å². The number of aromatic amines is 1. The highest BCUT2D eigenvalue weighted by molar-refractivity contribution is 5.94. The van der Waals surface area contributed by atoms with Crippen LogP contribution in [-0.4, -0.2) is 58.0 Å². The van der Waals surface area contributed by atoms with E-state index in [1.54, 1.807) is 4.90 Å². The number of β-amino-alcohol motifs (C(OH)–C–C–N with tert-alkyl or cyclic N) is 1. The molecule has 2 aliphatic rings. The zero-order valence-corrected chi connectivity index (χ0v) is 11.8. The Kier molecular flexibility index (Phi) is 3.76. The summed E-state index contributed by atoms with van der Waals surface area (Å²) in [5.74, 6) is -0.0920. The van der Waals surface area contributed by atoms with E-state index in [4.69, 9.17) is 4.74 Å². The standard InChI is InChI=1S/C14H21N3O3/c1-2-20-12-8-17(7-11(12)18)14(19)13-9-5-3-4-6-10(9)15-16-13/h11-12,18H,2-8H2,1H3,(H,15,16)/t11-,12-/m1/s1. The van der Waals surface area contributed by atoms with Crippen LogP contribution in [0.1, 0.15) is 41.5 Å². The third-order valence-electron chi connectivity index (χ3n) is 4.16. The molecule has 0 bridgehead atoms. The first-order chi connectivity index (χ1) is 9.70. The molecule has 0 spiro atoms. The van der Waals surface area contributed by atoms with Gasteiger partial charge in [0.2, 0.25) is 0 Å². The summed E-state index contributed by atoms with van der Waals surface area (Å²) in [7, 11) is 0. The van der Waals surface area contributed by atoms with Crippen LogP contribution < -0.4 is 0 Å². The van der Waals surface area contributed by atoms with E-state index < -0.39 is 6.10 Å². The van der Waals surface area contributed by atoms with Gasteiger partial charge in [0.05, 0.1) is 6.10 Å². The number of aliphatic hydroxyl groups is 1. The molecule has 1 fully saturated rings. The number of nitrogens with one attached hydrogen (secondary N) is 1. The van der Waals surface area contributed by atoms with Crippen molar-refractivity contribution < 1.29 is 14.6 Å². The van der Waals surface area contributed by atoms with E-state index in [-0.39, 0.29) is 12.0 Å². The number of aliphatic hydroxyl groups excluding tert-OH is 1. The number of aromatic nitrogens is 2. The second-order valence-electron chi connectivity index (χ2n) is 5.51. The van der Waals surface area contributed by atoms with Gasteiger partial charge in [-0.2, -0.15) is 5.10 Å². The maximum Gasteiger partial charge on any atom is 0.274 e. The molecule has 1 aliphatic carbocycles. The van der Waals surface area contributed by atoms with E-state index in [1.807, 2.05) is 6.92 Å². The SMILES string of the molecule is CCO[C@@H]1CN(C(=O)c2n[nH]c3c2CCCC3)C[C@H]1O. The fourth-order valence-electron chi connectivity index (χ4n) is 3.11. The Morgan fingerprint density at radius 3 is 3.05 bits per heavy atom. The van der Waals surface area contributed by atoms with Crippen LogP contribution in [0, 0.1) is 0 Å². The van der Waals surface area contributed by atoms with Gasteiger partial charge in [-0.1, -0.05) is 0 Å². The Morgan fingerprint density at radius 2 is 2.25 bits per heavy atom. The Hall–Kier alpha value is -1.40. The molecule has 1 amide bonds. The minimum absolute atomic E-state index is 0.0920. The van der Waals surface area contributed by atoms with E-state index in [2.05, 4.69) is 10.2 Å². The summed E-state index contributed by atoms with van der Waals surface area (Å²) in [5.41, 5.74) is 2.69. The number of nitrogens with zero attached hydrogens (tertiary/aromatic N) is 2. The van der Waals surface area contributed by atoms with Crippen molar-refractivity contribution in [2.24, 2.45) is 0 Å². The Labute approximate surface area is 118 Å². The van der Waals surface area contributed by atoms with E-state index in [0.29, 0.717) is 25.4 Å². The summed E-state index contributed by atoms with van der Waals surface area (Å²) >= 11 is 0. The maximum absolute atomic E-state index is 12.6. The zero-order chi connectivity index (χ0) is 14.1. The van der Waals surface area contributed by atoms with Gasteiger partial charge in [0, 0.05) is 31.0 Å². The maximum atomic E-state index is 12.6. The van der Waals surface area contributed by atoms with Crippen LogP contribution in [-0.2, 0) is 17.6 Å². The highest BCUT2D eigenvalue weighted by atomic mass is 16.5. The second kappa shape index (κ2) is 5.54. The van der Waals surface area contributed by atoms with E-state index in [0.717, 1.165) is 36.9 Å². The average molecular weight is 279 g/mol. The monoisotopic (exact) mass is 279 g/mol. The van der Waals surface area contributed by atoms with Crippen LogP contribution in [0.15, 0.2) is 0 Å². The van der Waals surface area contributed by atoms with Crippen molar-refractivity contribution in [1.29, 1.82) is 0 Å². The predicted octanol–water partition coefficient (Wildman–Crippen LogP) is 0.510. The van der Waals surface area contributed by atoms with Gasteiger partial charge in [0.25, 0.3) is 5.91 Å². The van der Waals surface area contributed by atoms with Crippen LogP contribution >= 0.6 is 0 Å². The molecular formula is C14H21N3O3. The summed E-state index contributed by atoms with van der Waals surface area (Å²) in [5, 5.41) is 17.1. The molecule has 1 saturated heterocycles. The molecule has 0 radical (unpaired) electrons.